The molecule has 0 aliphatic heterocycles. The molecule has 0 saturated heterocycles. The molecule has 1 heterocycles. The molecule has 3 rings (SSSR count). The van der Waals surface area contributed by atoms with Gasteiger partial charge < -0.3 is 10.6 Å². The van der Waals surface area contributed by atoms with Gasteiger partial charge in [-0.3, -0.25) is 14.6 Å². The number of carbonyl (C=O) groups excluding carboxylic acids is 1. The standard InChI is InChI=1S/C21H21ClN4O2/c1-12(2)19(27)23-16-8-4-14(5-9-16)18-13(3)20(28)26-21(25-18)24-17-10-6-15(22)7-11-17/h4-12H,1-3H3,(H,23,27)(H2,24,25,26,28). The van der Waals surface area contributed by atoms with Gasteiger partial charge in [0.15, 0.2) is 0 Å². The zero-order chi connectivity index (χ0) is 20.3. The summed E-state index contributed by atoms with van der Waals surface area (Å²) in [5.41, 5.74) is 3.10. The Morgan fingerprint density at radius 1 is 1.04 bits per heavy atom. The Hall–Kier alpha value is -3.12. The summed E-state index contributed by atoms with van der Waals surface area (Å²) in [6.07, 6.45) is 0. The first-order chi connectivity index (χ1) is 13.3. The van der Waals surface area contributed by atoms with Gasteiger partial charge in [-0.2, -0.15) is 0 Å². The number of aromatic amines is 1. The summed E-state index contributed by atoms with van der Waals surface area (Å²) >= 11 is 5.90. The zero-order valence-corrected chi connectivity index (χ0v) is 16.6. The van der Waals surface area contributed by atoms with Crippen molar-refractivity contribution >= 4 is 34.8 Å². The number of hydrogen-bond donors (Lipinski definition) is 3. The maximum absolute atomic E-state index is 12.4. The average molecular weight is 397 g/mol. The van der Waals surface area contributed by atoms with E-state index in [2.05, 4.69) is 20.6 Å². The maximum Gasteiger partial charge on any atom is 0.255 e. The summed E-state index contributed by atoms with van der Waals surface area (Å²) in [7, 11) is 0. The van der Waals surface area contributed by atoms with Crippen molar-refractivity contribution in [2.24, 2.45) is 5.92 Å². The molecule has 0 saturated carbocycles. The molecule has 3 aromatic rings. The lowest BCUT2D eigenvalue weighted by Gasteiger charge is -2.11. The summed E-state index contributed by atoms with van der Waals surface area (Å²) in [6.45, 7) is 5.40. The quantitative estimate of drug-likeness (QED) is 0.581. The largest absolute Gasteiger partial charge is 0.326 e. The van der Waals surface area contributed by atoms with Gasteiger partial charge in [-0.05, 0) is 43.3 Å². The third kappa shape index (κ3) is 4.58. The normalized spacial score (nSPS) is 10.8. The van der Waals surface area contributed by atoms with Crippen molar-refractivity contribution in [3.8, 4) is 11.3 Å². The Morgan fingerprint density at radius 2 is 1.64 bits per heavy atom. The van der Waals surface area contributed by atoms with Crippen LogP contribution < -0.4 is 16.2 Å². The van der Waals surface area contributed by atoms with E-state index in [-0.39, 0.29) is 17.4 Å². The van der Waals surface area contributed by atoms with Crippen molar-refractivity contribution in [1.82, 2.24) is 9.97 Å². The van der Waals surface area contributed by atoms with Crippen LogP contribution in [0.4, 0.5) is 17.3 Å². The number of amides is 1. The summed E-state index contributed by atoms with van der Waals surface area (Å²) < 4.78 is 0. The predicted octanol–water partition coefficient (Wildman–Crippen LogP) is 4.74. The summed E-state index contributed by atoms with van der Waals surface area (Å²) in [4.78, 5) is 31.5. The maximum atomic E-state index is 12.4. The molecule has 2 aromatic carbocycles. The Labute approximate surface area is 168 Å². The molecule has 6 nitrogen and oxygen atoms in total. The van der Waals surface area contributed by atoms with E-state index in [1.807, 2.05) is 26.0 Å². The average Bonchev–Trinajstić information content (AvgIpc) is 2.67. The second-order valence-electron chi connectivity index (χ2n) is 6.74. The number of rotatable bonds is 5. The van der Waals surface area contributed by atoms with Crippen LogP contribution in [-0.4, -0.2) is 15.9 Å². The molecule has 1 aromatic heterocycles. The highest BCUT2D eigenvalue weighted by Gasteiger charge is 2.11. The summed E-state index contributed by atoms with van der Waals surface area (Å²) in [6, 6.07) is 14.4. The topological polar surface area (TPSA) is 86.9 Å². The SMILES string of the molecule is Cc1c(-c2ccc(NC(=O)C(C)C)cc2)nc(Nc2ccc(Cl)cc2)[nH]c1=O. The lowest BCUT2D eigenvalue weighted by Crippen LogP contribution is -2.17. The van der Waals surface area contributed by atoms with Crippen LogP contribution in [-0.2, 0) is 4.79 Å². The Balaban J connectivity index is 1.88. The van der Waals surface area contributed by atoms with Gasteiger partial charge in [-0.15, -0.1) is 0 Å². The van der Waals surface area contributed by atoms with Crippen molar-refractivity contribution < 1.29 is 4.79 Å². The highest BCUT2D eigenvalue weighted by Crippen LogP contribution is 2.23. The van der Waals surface area contributed by atoms with Crippen molar-refractivity contribution in [2.75, 3.05) is 10.6 Å². The molecule has 1 amide bonds. The molecule has 0 aliphatic carbocycles. The van der Waals surface area contributed by atoms with Crippen LogP contribution in [0.3, 0.4) is 0 Å². The lowest BCUT2D eigenvalue weighted by molar-refractivity contribution is -0.118. The number of carbonyl (C=O) groups is 1. The van der Waals surface area contributed by atoms with E-state index < -0.39 is 0 Å². The van der Waals surface area contributed by atoms with E-state index in [4.69, 9.17) is 11.6 Å². The van der Waals surface area contributed by atoms with Gasteiger partial charge in [-0.25, -0.2) is 4.98 Å². The summed E-state index contributed by atoms with van der Waals surface area (Å²) in [5.74, 6) is 0.190. The number of halogens is 1. The fourth-order valence-corrected chi connectivity index (χ4v) is 2.67. The third-order valence-electron chi connectivity index (χ3n) is 4.21. The fourth-order valence-electron chi connectivity index (χ4n) is 2.54. The van der Waals surface area contributed by atoms with Crippen molar-refractivity contribution in [2.45, 2.75) is 20.8 Å². The van der Waals surface area contributed by atoms with Crippen molar-refractivity contribution in [1.29, 1.82) is 0 Å². The smallest absolute Gasteiger partial charge is 0.255 e. The van der Waals surface area contributed by atoms with Gasteiger partial charge in [0, 0.05) is 33.4 Å². The van der Waals surface area contributed by atoms with E-state index in [1.165, 1.54) is 0 Å². The minimum absolute atomic E-state index is 0.0485. The number of nitrogens with zero attached hydrogens (tertiary/aromatic N) is 1. The van der Waals surface area contributed by atoms with E-state index in [0.717, 1.165) is 11.3 Å². The van der Waals surface area contributed by atoms with E-state index in [0.29, 0.717) is 27.9 Å². The molecule has 0 atom stereocenters. The molecular formula is C21H21ClN4O2. The van der Waals surface area contributed by atoms with E-state index in [9.17, 15) is 9.59 Å². The molecule has 0 unspecified atom stereocenters. The van der Waals surface area contributed by atoms with E-state index in [1.54, 1.807) is 43.3 Å². The molecule has 0 aliphatic rings. The molecule has 7 heteroatoms. The molecule has 144 valence electrons. The van der Waals surface area contributed by atoms with Crippen LogP contribution in [0.5, 0.6) is 0 Å². The highest BCUT2D eigenvalue weighted by atomic mass is 35.5. The second-order valence-corrected chi connectivity index (χ2v) is 7.18. The number of aromatic nitrogens is 2. The number of anilines is 3. The molecule has 0 fully saturated rings. The molecule has 0 spiro atoms. The highest BCUT2D eigenvalue weighted by molar-refractivity contribution is 6.30. The number of nitrogens with one attached hydrogen (secondary N) is 3. The van der Waals surface area contributed by atoms with Crippen LogP contribution >= 0.6 is 11.6 Å². The molecule has 3 N–H and O–H groups in total. The van der Waals surface area contributed by atoms with Gasteiger partial charge in [0.1, 0.15) is 0 Å². The van der Waals surface area contributed by atoms with Gasteiger partial charge in [0.05, 0.1) is 5.69 Å². The first-order valence-electron chi connectivity index (χ1n) is 8.88. The van der Waals surface area contributed by atoms with Crippen LogP contribution in [0, 0.1) is 12.8 Å². The second kappa shape index (κ2) is 8.27. The van der Waals surface area contributed by atoms with Gasteiger partial charge in [0.2, 0.25) is 11.9 Å². The summed E-state index contributed by atoms with van der Waals surface area (Å²) in [5, 5.41) is 6.55. The minimum atomic E-state index is -0.223. The lowest BCUT2D eigenvalue weighted by atomic mass is 10.1. The van der Waals surface area contributed by atoms with Gasteiger partial charge >= 0.3 is 0 Å². The van der Waals surface area contributed by atoms with Crippen LogP contribution in [0.1, 0.15) is 19.4 Å². The van der Waals surface area contributed by atoms with Gasteiger partial charge in [0.25, 0.3) is 5.56 Å². The third-order valence-corrected chi connectivity index (χ3v) is 4.46. The zero-order valence-electron chi connectivity index (χ0n) is 15.8. The first-order valence-corrected chi connectivity index (χ1v) is 9.26. The van der Waals surface area contributed by atoms with Crippen molar-refractivity contribution in [3.05, 3.63) is 69.5 Å². The van der Waals surface area contributed by atoms with Gasteiger partial charge in [-0.1, -0.05) is 37.6 Å². The molecule has 0 radical (unpaired) electrons. The predicted molar refractivity (Wildman–Crippen MR) is 113 cm³/mol. The molecule has 28 heavy (non-hydrogen) atoms. The van der Waals surface area contributed by atoms with Crippen LogP contribution in [0.15, 0.2) is 53.3 Å². The Kier molecular flexibility index (Phi) is 5.80. The fraction of sp³-hybridized carbons (Fsp3) is 0.190. The number of H-pyrrole nitrogens is 1. The number of hydrogen-bond acceptors (Lipinski definition) is 4. The van der Waals surface area contributed by atoms with Crippen LogP contribution in [0.2, 0.25) is 5.02 Å². The number of benzene rings is 2. The minimum Gasteiger partial charge on any atom is -0.326 e. The monoisotopic (exact) mass is 396 g/mol. The van der Waals surface area contributed by atoms with Crippen molar-refractivity contribution in [3.63, 3.8) is 0 Å². The Morgan fingerprint density at radius 3 is 2.25 bits per heavy atom. The molecular weight excluding hydrogens is 376 g/mol. The first kappa shape index (κ1) is 19.6. The van der Waals surface area contributed by atoms with E-state index >= 15 is 0 Å². The Bertz CT molecular complexity index is 1040. The molecule has 0 bridgehead atoms. The van der Waals surface area contributed by atoms with Crippen LogP contribution in [0.25, 0.3) is 11.3 Å².